The number of nitrogens with zero attached hydrogens (tertiary/aromatic N) is 2. The number of anilines is 1. The van der Waals surface area contributed by atoms with Gasteiger partial charge in [0.1, 0.15) is 0 Å². The van der Waals surface area contributed by atoms with Gasteiger partial charge in [0, 0.05) is 19.4 Å². The second-order valence-corrected chi connectivity index (χ2v) is 4.90. The number of aliphatic carboxylic acids is 1. The summed E-state index contributed by atoms with van der Waals surface area (Å²) in [7, 11) is 1.91. The molecule has 0 bridgehead atoms. The largest absolute Gasteiger partial charge is 0.481 e. The highest BCUT2D eigenvalue weighted by Gasteiger charge is 2.35. The number of aryl methyl sites for hydroxylation is 1. The minimum Gasteiger partial charge on any atom is -0.481 e. The van der Waals surface area contributed by atoms with Crippen molar-refractivity contribution in [3.8, 4) is 0 Å². The normalized spacial score (nSPS) is 18.9. The van der Waals surface area contributed by atoms with E-state index in [0.717, 1.165) is 31.6 Å². The van der Waals surface area contributed by atoms with Crippen LogP contribution < -0.4 is 5.32 Å². The van der Waals surface area contributed by atoms with E-state index in [1.165, 1.54) is 6.42 Å². The highest BCUT2D eigenvalue weighted by Crippen LogP contribution is 2.33. The molecule has 1 aliphatic rings. The Kier molecular flexibility index (Phi) is 3.36. The van der Waals surface area contributed by atoms with Crippen LogP contribution >= 0.6 is 0 Å². The molecule has 0 saturated heterocycles. The molecule has 0 radical (unpaired) electrons. The first-order valence-electron chi connectivity index (χ1n) is 6.09. The highest BCUT2D eigenvalue weighted by molar-refractivity contribution is 5.69. The Morgan fingerprint density at radius 1 is 1.53 bits per heavy atom. The van der Waals surface area contributed by atoms with Crippen molar-refractivity contribution in [3.63, 3.8) is 0 Å². The van der Waals surface area contributed by atoms with Gasteiger partial charge in [0.05, 0.1) is 12.0 Å². The molecule has 0 spiro atoms. The number of aromatic nitrogens is 2. The second-order valence-electron chi connectivity index (χ2n) is 4.90. The minimum absolute atomic E-state index is 0.167. The number of hydrogen-bond acceptors (Lipinski definition) is 3. The maximum Gasteiger partial charge on any atom is 0.305 e. The predicted octanol–water partition coefficient (Wildman–Crippen LogP) is 2.01. The zero-order chi connectivity index (χ0) is 12.3. The van der Waals surface area contributed by atoms with Gasteiger partial charge in [0.25, 0.3) is 0 Å². The van der Waals surface area contributed by atoms with Crippen LogP contribution in [0.25, 0.3) is 0 Å². The maximum atomic E-state index is 11.0. The third-order valence-electron chi connectivity index (χ3n) is 3.50. The van der Waals surface area contributed by atoms with Gasteiger partial charge in [-0.3, -0.25) is 4.79 Å². The molecule has 0 atom stereocenters. The Labute approximate surface area is 101 Å². The van der Waals surface area contributed by atoms with Gasteiger partial charge in [-0.2, -0.15) is 0 Å². The molecule has 0 aromatic carbocycles. The number of nitrogens with one attached hydrogen (secondary N) is 1. The van der Waals surface area contributed by atoms with Crippen LogP contribution in [0.2, 0.25) is 0 Å². The van der Waals surface area contributed by atoms with E-state index in [0.29, 0.717) is 0 Å². The van der Waals surface area contributed by atoms with E-state index in [9.17, 15) is 4.79 Å². The number of hydrogen-bond donors (Lipinski definition) is 2. The van der Waals surface area contributed by atoms with E-state index in [1.54, 1.807) is 6.20 Å². The van der Waals surface area contributed by atoms with Gasteiger partial charge >= 0.3 is 5.97 Å². The molecule has 94 valence electrons. The van der Waals surface area contributed by atoms with Gasteiger partial charge in [0.2, 0.25) is 5.95 Å². The summed E-state index contributed by atoms with van der Waals surface area (Å²) >= 11 is 0. The van der Waals surface area contributed by atoms with Gasteiger partial charge in [-0.1, -0.05) is 19.3 Å². The van der Waals surface area contributed by atoms with Crippen molar-refractivity contribution in [2.24, 2.45) is 7.05 Å². The highest BCUT2D eigenvalue weighted by atomic mass is 16.4. The summed E-state index contributed by atoms with van der Waals surface area (Å²) in [5.41, 5.74) is -0.316. The lowest BCUT2D eigenvalue weighted by atomic mass is 9.79. The molecular formula is C12H19N3O2. The molecule has 2 rings (SSSR count). The molecule has 0 amide bonds. The Morgan fingerprint density at radius 3 is 2.76 bits per heavy atom. The first-order valence-corrected chi connectivity index (χ1v) is 6.09. The summed E-state index contributed by atoms with van der Waals surface area (Å²) in [6, 6.07) is 0. The Balaban J connectivity index is 2.15. The molecule has 1 aliphatic carbocycles. The second kappa shape index (κ2) is 4.77. The lowest BCUT2D eigenvalue weighted by Gasteiger charge is -2.37. The number of imidazole rings is 1. The molecule has 1 aromatic rings. The average Bonchev–Trinajstić information content (AvgIpc) is 2.64. The minimum atomic E-state index is -0.742. The third-order valence-corrected chi connectivity index (χ3v) is 3.50. The zero-order valence-electron chi connectivity index (χ0n) is 10.1. The van der Waals surface area contributed by atoms with Crippen molar-refractivity contribution in [2.75, 3.05) is 5.32 Å². The summed E-state index contributed by atoms with van der Waals surface area (Å²) in [4.78, 5) is 15.2. The Bertz CT molecular complexity index is 394. The summed E-state index contributed by atoms with van der Waals surface area (Å²) in [5, 5.41) is 12.4. The third kappa shape index (κ3) is 2.78. The standard InChI is InChI=1S/C12H19N3O2/c1-15-8-7-13-11(15)14-12(9-10(16)17)5-3-2-4-6-12/h7-8H,2-6,9H2,1H3,(H,13,14)(H,16,17). The smallest absolute Gasteiger partial charge is 0.305 e. The van der Waals surface area contributed by atoms with Crippen LogP contribution in [-0.4, -0.2) is 26.2 Å². The van der Waals surface area contributed by atoms with Crippen LogP contribution in [0.5, 0.6) is 0 Å². The van der Waals surface area contributed by atoms with Gasteiger partial charge in [-0.05, 0) is 12.8 Å². The lowest BCUT2D eigenvalue weighted by molar-refractivity contribution is -0.138. The fourth-order valence-electron chi connectivity index (χ4n) is 2.59. The monoisotopic (exact) mass is 237 g/mol. The molecule has 1 aromatic heterocycles. The maximum absolute atomic E-state index is 11.0. The summed E-state index contributed by atoms with van der Waals surface area (Å²) in [6.45, 7) is 0. The molecule has 5 heteroatoms. The number of carboxylic acid groups (broad SMARTS) is 1. The van der Waals surface area contributed by atoms with Crippen molar-refractivity contribution in [3.05, 3.63) is 12.4 Å². The van der Waals surface area contributed by atoms with Crippen LogP contribution in [0.4, 0.5) is 5.95 Å². The predicted molar refractivity (Wildman–Crippen MR) is 64.9 cm³/mol. The first kappa shape index (κ1) is 12.0. The van der Waals surface area contributed by atoms with Crippen molar-refractivity contribution in [1.29, 1.82) is 0 Å². The Hall–Kier alpha value is -1.52. The van der Waals surface area contributed by atoms with Gasteiger partial charge in [0.15, 0.2) is 0 Å². The molecule has 0 aliphatic heterocycles. The molecule has 17 heavy (non-hydrogen) atoms. The Morgan fingerprint density at radius 2 is 2.24 bits per heavy atom. The van der Waals surface area contributed by atoms with Crippen LogP contribution in [0.3, 0.4) is 0 Å². The van der Waals surface area contributed by atoms with Gasteiger partial charge < -0.3 is 15.0 Å². The van der Waals surface area contributed by atoms with E-state index in [-0.39, 0.29) is 12.0 Å². The zero-order valence-corrected chi connectivity index (χ0v) is 10.1. The van der Waals surface area contributed by atoms with E-state index in [4.69, 9.17) is 5.11 Å². The molecule has 1 fully saturated rings. The van der Waals surface area contributed by atoms with Gasteiger partial charge in [-0.25, -0.2) is 4.98 Å². The number of rotatable bonds is 4. The van der Waals surface area contributed by atoms with Crippen molar-refractivity contribution in [1.82, 2.24) is 9.55 Å². The van der Waals surface area contributed by atoms with Crippen molar-refractivity contribution in [2.45, 2.75) is 44.1 Å². The van der Waals surface area contributed by atoms with E-state index in [1.807, 2.05) is 17.8 Å². The van der Waals surface area contributed by atoms with Crippen LogP contribution in [0.1, 0.15) is 38.5 Å². The molecule has 1 heterocycles. The molecule has 0 unspecified atom stereocenters. The average molecular weight is 237 g/mol. The fourth-order valence-corrected chi connectivity index (χ4v) is 2.59. The summed E-state index contributed by atoms with van der Waals surface area (Å²) in [6.07, 6.45) is 8.94. The molecule has 2 N–H and O–H groups in total. The van der Waals surface area contributed by atoms with E-state index < -0.39 is 5.97 Å². The quantitative estimate of drug-likeness (QED) is 0.840. The summed E-state index contributed by atoms with van der Waals surface area (Å²) < 4.78 is 1.89. The molecular weight excluding hydrogens is 218 g/mol. The first-order chi connectivity index (χ1) is 8.11. The van der Waals surface area contributed by atoms with Crippen LogP contribution in [0, 0.1) is 0 Å². The van der Waals surface area contributed by atoms with Crippen LogP contribution in [0.15, 0.2) is 12.4 Å². The number of carboxylic acids is 1. The van der Waals surface area contributed by atoms with Crippen LogP contribution in [-0.2, 0) is 11.8 Å². The van der Waals surface area contributed by atoms with Gasteiger partial charge in [-0.15, -0.1) is 0 Å². The molecule has 5 nitrogen and oxygen atoms in total. The topological polar surface area (TPSA) is 67.2 Å². The molecule has 1 saturated carbocycles. The summed E-state index contributed by atoms with van der Waals surface area (Å²) in [5.74, 6) is 0.0155. The van der Waals surface area contributed by atoms with E-state index >= 15 is 0 Å². The van der Waals surface area contributed by atoms with E-state index in [2.05, 4.69) is 10.3 Å². The van der Waals surface area contributed by atoms with Crippen molar-refractivity contribution < 1.29 is 9.90 Å². The van der Waals surface area contributed by atoms with Crippen molar-refractivity contribution >= 4 is 11.9 Å². The number of carbonyl (C=O) groups is 1. The fraction of sp³-hybridized carbons (Fsp3) is 0.667. The lowest BCUT2D eigenvalue weighted by Crippen LogP contribution is -2.43. The SMILES string of the molecule is Cn1ccnc1NC1(CC(=O)O)CCCCC1.